The molecule has 1 unspecified atom stereocenters. The zero-order chi connectivity index (χ0) is 39.6. The second-order valence-electron chi connectivity index (χ2n) is 15.7. The Bertz CT molecular complexity index is 958. The van der Waals surface area contributed by atoms with Crippen molar-refractivity contribution in [1.29, 1.82) is 0 Å². The summed E-state index contributed by atoms with van der Waals surface area (Å²) in [7, 11) is 1.08. The van der Waals surface area contributed by atoms with Gasteiger partial charge in [-0.2, -0.15) is 0 Å². The Morgan fingerprint density at radius 3 is 1.74 bits per heavy atom. The summed E-state index contributed by atoms with van der Waals surface area (Å²) in [5.41, 5.74) is 0. The molecule has 0 aromatic rings. The average molecular weight is 778 g/mol. The van der Waals surface area contributed by atoms with Crippen LogP contribution in [0.5, 0.6) is 0 Å². The maximum atomic E-state index is 12.6. The molecule has 0 fully saturated rings. The van der Waals surface area contributed by atoms with Crippen molar-refractivity contribution in [3.63, 3.8) is 0 Å². The predicted molar refractivity (Wildman–Crippen MR) is 211 cm³/mol. The molecule has 0 aliphatic carbocycles. The second kappa shape index (κ2) is 34.0. The number of likely N-dealkylation sites (N-methyl/N-ethyl adjacent to an activating group) is 1. The van der Waals surface area contributed by atoms with Crippen LogP contribution in [0.4, 0.5) is 0 Å². The highest BCUT2D eigenvalue weighted by Gasteiger charge is 2.22. The number of esters is 2. The Balaban J connectivity index is 4.48. The highest BCUT2D eigenvalue weighted by molar-refractivity contribution is 7.45. The number of aliphatic hydroxyl groups excluding tert-OH is 2. The zero-order valence-electron chi connectivity index (χ0n) is 34.4. The third-order valence-corrected chi connectivity index (χ3v) is 10.2. The lowest BCUT2D eigenvalue weighted by Crippen LogP contribution is -2.37. The fourth-order valence-electron chi connectivity index (χ4n) is 5.74. The van der Waals surface area contributed by atoms with Gasteiger partial charge in [-0.3, -0.25) is 14.2 Å². The van der Waals surface area contributed by atoms with Crippen LogP contribution in [0.15, 0.2) is 12.2 Å². The number of hydrogen-bond acceptors (Lipinski definition) is 10. The molecule has 0 bridgehead atoms. The molecule has 0 aromatic carbocycles. The van der Waals surface area contributed by atoms with Crippen molar-refractivity contribution in [2.45, 2.75) is 193 Å². The number of allylic oxidation sites excluding steroid dienone is 1. The topological polar surface area (TPSA) is 152 Å². The molecule has 314 valence electrons. The fraction of sp³-hybridized carbons (Fsp3) is 0.902. The van der Waals surface area contributed by atoms with E-state index in [2.05, 4.69) is 19.9 Å². The van der Waals surface area contributed by atoms with E-state index in [9.17, 15) is 29.3 Å². The molecular formula is C41H80NO10P. The van der Waals surface area contributed by atoms with Crippen LogP contribution < -0.4 is 4.89 Å². The molecule has 0 rings (SSSR count). The highest BCUT2D eigenvalue weighted by Crippen LogP contribution is 2.38. The number of phosphoric ester groups is 1. The fourth-order valence-corrected chi connectivity index (χ4v) is 6.46. The Labute approximate surface area is 323 Å². The summed E-state index contributed by atoms with van der Waals surface area (Å²) in [6.07, 6.45) is 25.4. The Morgan fingerprint density at radius 2 is 1.17 bits per heavy atom. The van der Waals surface area contributed by atoms with Gasteiger partial charge in [-0.15, -0.1) is 0 Å². The normalized spacial score (nSPS) is 14.9. The molecule has 0 aliphatic heterocycles. The summed E-state index contributed by atoms with van der Waals surface area (Å²) in [4.78, 5) is 37.4. The zero-order valence-corrected chi connectivity index (χ0v) is 35.3. The quantitative estimate of drug-likeness (QED) is 0.0205. The van der Waals surface area contributed by atoms with Crippen LogP contribution in [0, 0.1) is 0 Å². The van der Waals surface area contributed by atoms with Gasteiger partial charge in [0.25, 0.3) is 7.82 Å². The number of ether oxygens (including phenoxy) is 2. The van der Waals surface area contributed by atoms with Crippen LogP contribution in [-0.2, 0) is 32.7 Å². The summed E-state index contributed by atoms with van der Waals surface area (Å²) in [6, 6.07) is 0. The van der Waals surface area contributed by atoms with Crippen molar-refractivity contribution in [2.24, 2.45) is 0 Å². The number of carbonyl (C=O) groups is 2. The standard InChI is InChI=1S/C41H80NO10P/c1-6-8-10-12-14-15-16-17-18-19-23-28-32-41(46)52-37(36-51-53(47,48)50-34-33-42(3,4)5)35-49-40(45)31-27-24-20-22-26-30-39(44)38(43)29-25-21-13-11-9-7-2/h21,25,37-39,43-44H,6-20,22-24,26-36H2,1-5H3/b25-21-/t37-,38-,39-/m1/s1. The van der Waals surface area contributed by atoms with Crippen molar-refractivity contribution >= 4 is 19.8 Å². The third-order valence-electron chi connectivity index (χ3n) is 9.24. The van der Waals surface area contributed by atoms with Gasteiger partial charge < -0.3 is 38.1 Å². The van der Waals surface area contributed by atoms with E-state index in [1.807, 2.05) is 27.2 Å². The number of phosphoric acid groups is 1. The molecule has 0 heterocycles. The molecular weight excluding hydrogens is 697 g/mol. The van der Waals surface area contributed by atoms with E-state index < -0.39 is 44.7 Å². The van der Waals surface area contributed by atoms with Crippen LogP contribution in [0.2, 0.25) is 0 Å². The molecule has 0 aliphatic rings. The third kappa shape index (κ3) is 36.1. The molecule has 12 heteroatoms. The summed E-state index contributed by atoms with van der Waals surface area (Å²) in [5, 5.41) is 20.4. The lowest BCUT2D eigenvalue weighted by Gasteiger charge is -2.28. The molecule has 53 heavy (non-hydrogen) atoms. The number of quaternary nitrogens is 1. The van der Waals surface area contributed by atoms with Crippen molar-refractivity contribution < 1.29 is 52.3 Å². The molecule has 2 N–H and O–H groups in total. The van der Waals surface area contributed by atoms with E-state index in [0.29, 0.717) is 36.7 Å². The van der Waals surface area contributed by atoms with Gasteiger partial charge in [0.2, 0.25) is 0 Å². The maximum Gasteiger partial charge on any atom is 0.306 e. The van der Waals surface area contributed by atoms with Gasteiger partial charge in [0.05, 0.1) is 40.0 Å². The van der Waals surface area contributed by atoms with Gasteiger partial charge in [0.1, 0.15) is 19.8 Å². The minimum atomic E-state index is -4.65. The number of rotatable bonds is 38. The van der Waals surface area contributed by atoms with E-state index >= 15 is 0 Å². The van der Waals surface area contributed by atoms with Gasteiger partial charge in [-0.1, -0.05) is 135 Å². The first-order valence-electron chi connectivity index (χ1n) is 21.1. The largest absolute Gasteiger partial charge is 0.756 e. The van der Waals surface area contributed by atoms with Crippen molar-refractivity contribution in [3.8, 4) is 0 Å². The molecule has 0 radical (unpaired) electrons. The minimum absolute atomic E-state index is 0.0535. The van der Waals surface area contributed by atoms with E-state index in [4.69, 9.17) is 18.5 Å². The monoisotopic (exact) mass is 778 g/mol. The molecule has 0 saturated carbocycles. The van der Waals surface area contributed by atoms with E-state index in [1.165, 1.54) is 64.2 Å². The number of hydrogen-bond donors (Lipinski definition) is 2. The molecule has 0 spiro atoms. The highest BCUT2D eigenvalue weighted by atomic mass is 31.2. The van der Waals surface area contributed by atoms with Crippen LogP contribution in [-0.4, -0.2) is 92.5 Å². The first kappa shape index (κ1) is 51.7. The lowest BCUT2D eigenvalue weighted by molar-refractivity contribution is -0.870. The van der Waals surface area contributed by atoms with Crippen LogP contribution >= 0.6 is 7.82 Å². The predicted octanol–water partition coefficient (Wildman–Crippen LogP) is 8.72. The number of unbranched alkanes of at least 4 members (excludes halogenated alkanes) is 18. The molecule has 0 amide bonds. The molecule has 0 aromatic heterocycles. The van der Waals surface area contributed by atoms with Crippen LogP contribution in [0.3, 0.4) is 0 Å². The van der Waals surface area contributed by atoms with E-state index in [-0.39, 0.29) is 26.1 Å². The van der Waals surface area contributed by atoms with E-state index in [1.54, 1.807) is 0 Å². The number of carbonyl (C=O) groups excluding carboxylic acids is 2. The van der Waals surface area contributed by atoms with Gasteiger partial charge in [-0.05, 0) is 38.5 Å². The summed E-state index contributed by atoms with van der Waals surface area (Å²) in [6.45, 7) is 3.98. The average Bonchev–Trinajstić information content (AvgIpc) is 3.10. The smallest absolute Gasteiger partial charge is 0.306 e. The maximum absolute atomic E-state index is 12.6. The summed E-state index contributed by atoms with van der Waals surface area (Å²) < 4.78 is 33.7. The lowest BCUT2D eigenvalue weighted by atomic mass is 10.0. The van der Waals surface area contributed by atoms with Gasteiger partial charge in [-0.25, -0.2) is 0 Å². The van der Waals surface area contributed by atoms with Crippen molar-refractivity contribution in [2.75, 3.05) is 47.5 Å². The van der Waals surface area contributed by atoms with Gasteiger partial charge in [0, 0.05) is 12.8 Å². The van der Waals surface area contributed by atoms with Crippen molar-refractivity contribution in [3.05, 3.63) is 12.2 Å². The summed E-state index contributed by atoms with van der Waals surface area (Å²) in [5.74, 6) is -0.942. The minimum Gasteiger partial charge on any atom is -0.756 e. The number of aliphatic hydroxyl groups is 2. The first-order valence-corrected chi connectivity index (χ1v) is 22.5. The molecule has 11 nitrogen and oxygen atoms in total. The molecule has 0 saturated heterocycles. The van der Waals surface area contributed by atoms with Gasteiger partial charge in [0.15, 0.2) is 6.10 Å². The number of nitrogens with zero attached hydrogens (tertiary/aromatic N) is 1. The van der Waals surface area contributed by atoms with E-state index in [0.717, 1.165) is 57.8 Å². The Kier molecular flexibility index (Phi) is 33.1. The van der Waals surface area contributed by atoms with Crippen molar-refractivity contribution in [1.82, 2.24) is 0 Å². The molecule has 4 atom stereocenters. The second-order valence-corrected chi connectivity index (χ2v) is 17.1. The SMILES string of the molecule is CCCCC/C=C\C[C@@H](O)[C@H](O)CCCCCCCC(=O)OC[C@H](COP(=O)([O-])OCC[N+](C)(C)C)OC(=O)CCCCCCCCCCCCCC. The first-order chi connectivity index (χ1) is 25.3. The van der Waals surface area contributed by atoms with Crippen LogP contribution in [0.25, 0.3) is 0 Å². The van der Waals surface area contributed by atoms with Crippen LogP contribution in [0.1, 0.15) is 174 Å². The summed E-state index contributed by atoms with van der Waals surface area (Å²) >= 11 is 0. The Morgan fingerprint density at radius 1 is 0.660 bits per heavy atom. The van der Waals surface area contributed by atoms with Gasteiger partial charge >= 0.3 is 11.9 Å². The Hall–Kier alpha value is -1.33.